The highest BCUT2D eigenvalue weighted by atomic mass is 16.1. The summed E-state index contributed by atoms with van der Waals surface area (Å²) in [6.45, 7) is 12.5. The Labute approximate surface area is 131 Å². The van der Waals surface area contributed by atoms with Crippen LogP contribution in [-0.4, -0.2) is 44.0 Å². The normalized spacial score (nSPS) is 15.3. The maximum Gasteiger partial charge on any atom is 0.220 e. The Morgan fingerprint density at radius 2 is 1.76 bits per heavy atom. The Morgan fingerprint density at radius 3 is 2.14 bits per heavy atom. The van der Waals surface area contributed by atoms with Crippen molar-refractivity contribution in [3.05, 3.63) is 0 Å². The van der Waals surface area contributed by atoms with Crippen LogP contribution in [0.25, 0.3) is 0 Å². The van der Waals surface area contributed by atoms with Gasteiger partial charge in [-0.2, -0.15) is 0 Å². The molecule has 2 atom stereocenters. The topological polar surface area (TPSA) is 58.4 Å². The number of likely N-dealkylation sites (N-methyl/N-ethyl adjacent to an activating group) is 1. The van der Waals surface area contributed by atoms with E-state index in [1.165, 1.54) is 0 Å². The summed E-state index contributed by atoms with van der Waals surface area (Å²) in [6, 6.07) is 0.386. The predicted octanol–water partition coefficient (Wildman–Crippen LogP) is 2.48. The molecule has 0 aromatic rings. The minimum Gasteiger partial charge on any atom is -0.355 e. The van der Waals surface area contributed by atoms with Crippen LogP contribution in [0.15, 0.2) is 0 Å². The van der Waals surface area contributed by atoms with Gasteiger partial charge in [0.15, 0.2) is 0 Å². The lowest BCUT2D eigenvalue weighted by Crippen LogP contribution is -2.43. The highest BCUT2D eigenvalue weighted by molar-refractivity contribution is 5.75. The highest BCUT2D eigenvalue weighted by Gasteiger charge is 2.24. The number of hydrogen-bond acceptors (Lipinski definition) is 3. The fourth-order valence-electron chi connectivity index (χ4n) is 2.84. The standard InChI is InChI=1S/C17H37N3O/c1-13(2)15(20(6)7)12-19-16(21)9-8-14(10-11-18)17(3,4)5/h13-15H,8-12,18H2,1-7H3,(H,19,21). The van der Waals surface area contributed by atoms with Gasteiger partial charge in [-0.25, -0.2) is 0 Å². The smallest absolute Gasteiger partial charge is 0.220 e. The van der Waals surface area contributed by atoms with Crippen LogP contribution in [0.4, 0.5) is 0 Å². The Morgan fingerprint density at radius 1 is 1.19 bits per heavy atom. The van der Waals surface area contributed by atoms with Crippen molar-refractivity contribution in [3.63, 3.8) is 0 Å². The Bertz CT molecular complexity index is 287. The maximum absolute atomic E-state index is 12.1. The van der Waals surface area contributed by atoms with Gasteiger partial charge in [-0.15, -0.1) is 0 Å². The van der Waals surface area contributed by atoms with E-state index in [-0.39, 0.29) is 11.3 Å². The van der Waals surface area contributed by atoms with Crippen LogP contribution in [0.3, 0.4) is 0 Å². The lowest BCUT2D eigenvalue weighted by Gasteiger charge is -2.31. The number of nitrogens with one attached hydrogen (secondary N) is 1. The molecule has 0 saturated carbocycles. The molecule has 126 valence electrons. The first-order valence-corrected chi connectivity index (χ1v) is 8.22. The molecule has 4 nitrogen and oxygen atoms in total. The van der Waals surface area contributed by atoms with E-state index in [1.807, 2.05) is 0 Å². The zero-order chi connectivity index (χ0) is 16.6. The second-order valence-electron chi connectivity index (χ2n) is 7.76. The minimum atomic E-state index is 0.161. The molecule has 1 amide bonds. The summed E-state index contributed by atoms with van der Waals surface area (Å²) in [5, 5.41) is 3.08. The number of nitrogens with two attached hydrogens (primary N) is 1. The fraction of sp³-hybridized carbons (Fsp3) is 0.941. The van der Waals surface area contributed by atoms with Crippen molar-refractivity contribution in [2.45, 2.75) is 59.9 Å². The molecular weight excluding hydrogens is 262 g/mol. The van der Waals surface area contributed by atoms with Crippen LogP contribution in [0, 0.1) is 17.3 Å². The van der Waals surface area contributed by atoms with Crippen LogP contribution in [0.5, 0.6) is 0 Å². The second-order valence-corrected chi connectivity index (χ2v) is 7.76. The summed E-state index contributed by atoms with van der Waals surface area (Å²) >= 11 is 0. The fourth-order valence-corrected chi connectivity index (χ4v) is 2.84. The number of carbonyl (C=O) groups is 1. The first-order valence-electron chi connectivity index (χ1n) is 8.22. The number of hydrogen-bond donors (Lipinski definition) is 2. The molecule has 0 aliphatic heterocycles. The Hall–Kier alpha value is -0.610. The monoisotopic (exact) mass is 299 g/mol. The molecule has 21 heavy (non-hydrogen) atoms. The van der Waals surface area contributed by atoms with Crippen molar-refractivity contribution < 1.29 is 4.79 Å². The molecule has 0 bridgehead atoms. The molecule has 0 saturated heterocycles. The van der Waals surface area contributed by atoms with Gasteiger partial charge in [-0.3, -0.25) is 4.79 Å². The van der Waals surface area contributed by atoms with Gasteiger partial charge >= 0.3 is 0 Å². The minimum absolute atomic E-state index is 0.161. The average molecular weight is 300 g/mol. The van der Waals surface area contributed by atoms with Gasteiger partial charge in [0.25, 0.3) is 0 Å². The van der Waals surface area contributed by atoms with Gasteiger partial charge in [-0.05, 0) is 50.7 Å². The zero-order valence-electron chi connectivity index (χ0n) is 15.2. The summed E-state index contributed by atoms with van der Waals surface area (Å²) in [5.74, 6) is 1.19. The van der Waals surface area contributed by atoms with Gasteiger partial charge in [0.1, 0.15) is 0 Å². The summed E-state index contributed by atoms with van der Waals surface area (Å²) in [5.41, 5.74) is 5.90. The van der Waals surface area contributed by atoms with E-state index < -0.39 is 0 Å². The van der Waals surface area contributed by atoms with E-state index in [4.69, 9.17) is 5.73 Å². The van der Waals surface area contributed by atoms with Crippen LogP contribution < -0.4 is 11.1 Å². The molecule has 0 aliphatic carbocycles. The SMILES string of the molecule is CC(C)C(CNC(=O)CCC(CCN)C(C)(C)C)N(C)C. The Kier molecular flexibility index (Phi) is 9.14. The van der Waals surface area contributed by atoms with Crippen molar-refractivity contribution in [2.75, 3.05) is 27.2 Å². The molecule has 0 radical (unpaired) electrons. The van der Waals surface area contributed by atoms with Gasteiger partial charge in [-0.1, -0.05) is 34.6 Å². The number of amides is 1. The van der Waals surface area contributed by atoms with Crippen molar-refractivity contribution >= 4 is 5.91 Å². The summed E-state index contributed by atoms with van der Waals surface area (Å²) in [4.78, 5) is 14.2. The average Bonchev–Trinajstić information content (AvgIpc) is 2.32. The van der Waals surface area contributed by atoms with Crippen molar-refractivity contribution in [3.8, 4) is 0 Å². The van der Waals surface area contributed by atoms with E-state index in [2.05, 4.69) is 58.9 Å². The Balaban J connectivity index is 4.25. The van der Waals surface area contributed by atoms with Gasteiger partial charge < -0.3 is 16.0 Å². The zero-order valence-corrected chi connectivity index (χ0v) is 15.2. The first-order chi connectivity index (χ1) is 9.59. The molecule has 0 aromatic heterocycles. The third-order valence-corrected chi connectivity index (χ3v) is 4.40. The maximum atomic E-state index is 12.1. The molecule has 3 N–H and O–H groups in total. The van der Waals surface area contributed by atoms with Crippen LogP contribution in [-0.2, 0) is 4.79 Å². The van der Waals surface area contributed by atoms with Crippen molar-refractivity contribution in [1.82, 2.24) is 10.2 Å². The second kappa shape index (κ2) is 9.42. The van der Waals surface area contributed by atoms with Gasteiger partial charge in [0, 0.05) is 19.0 Å². The molecule has 4 heteroatoms. The number of carbonyl (C=O) groups excluding carboxylic acids is 1. The van der Waals surface area contributed by atoms with E-state index in [0.717, 1.165) is 19.4 Å². The summed E-state index contributed by atoms with van der Waals surface area (Å²) in [6.07, 6.45) is 2.50. The first kappa shape index (κ1) is 20.4. The highest BCUT2D eigenvalue weighted by Crippen LogP contribution is 2.31. The molecule has 0 fully saturated rings. The molecule has 0 heterocycles. The van der Waals surface area contributed by atoms with E-state index in [1.54, 1.807) is 0 Å². The van der Waals surface area contributed by atoms with Crippen molar-refractivity contribution in [2.24, 2.45) is 23.0 Å². The lowest BCUT2D eigenvalue weighted by molar-refractivity contribution is -0.121. The summed E-state index contributed by atoms with van der Waals surface area (Å²) in [7, 11) is 4.13. The van der Waals surface area contributed by atoms with E-state index >= 15 is 0 Å². The largest absolute Gasteiger partial charge is 0.355 e. The third-order valence-electron chi connectivity index (χ3n) is 4.40. The van der Waals surface area contributed by atoms with Crippen LogP contribution in [0.1, 0.15) is 53.9 Å². The summed E-state index contributed by atoms with van der Waals surface area (Å²) < 4.78 is 0. The lowest BCUT2D eigenvalue weighted by atomic mass is 9.76. The quantitative estimate of drug-likeness (QED) is 0.687. The molecular formula is C17H37N3O. The van der Waals surface area contributed by atoms with E-state index in [9.17, 15) is 4.79 Å². The number of nitrogens with zero attached hydrogens (tertiary/aromatic N) is 1. The van der Waals surface area contributed by atoms with Crippen LogP contribution in [0.2, 0.25) is 0 Å². The molecule has 2 unspecified atom stereocenters. The van der Waals surface area contributed by atoms with Crippen molar-refractivity contribution in [1.29, 1.82) is 0 Å². The van der Waals surface area contributed by atoms with Gasteiger partial charge in [0.2, 0.25) is 5.91 Å². The molecule has 0 aliphatic rings. The molecule has 0 spiro atoms. The third kappa shape index (κ3) is 8.42. The van der Waals surface area contributed by atoms with E-state index in [0.29, 0.717) is 30.8 Å². The predicted molar refractivity (Wildman–Crippen MR) is 91.2 cm³/mol. The molecule has 0 rings (SSSR count). The number of rotatable bonds is 9. The molecule has 0 aromatic carbocycles. The van der Waals surface area contributed by atoms with Gasteiger partial charge in [0.05, 0.1) is 0 Å². The van der Waals surface area contributed by atoms with Crippen LogP contribution >= 0.6 is 0 Å².